The number of nitrogens with two attached hydrogens (primary N) is 1. The molecule has 0 aliphatic carbocycles. The minimum Gasteiger partial charge on any atom is -0.387 e. The molecule has 0 spiro atoms. The van der Waals surface area contributed by atoms with Crippen molar-refractivity contribution in [1.82, 2.24) is 30.7 Å². The number of rotatable bonds is 21. The van der Waals surface area contributed by atoms with Gasteiger partial charge >= 0.3 is 0 Å². The second-order valence-corrected chi connectivity index (χ2v) is 15.6. The number of nitrogens with one attached hydrogen (secondary N) is 4. The van der Waals surface area contributed by atoms with Crippen LogP contribution in [0.1, 0.15) is 84.5 Å². The van der Waals surface area contributed by atoms with Gasteiger partial charge in [0.25, 0.3) is 0 Å². The fourth-order valence-electron chi connectivity index (χ4n) is 6.74. The van der Waals surface area contributed by atoms with Crippen LogP contribution in [-0.2, 0) is 30.5 Å². The third-order valence-corrected chi connectivity index (χ3v) is 9.54. The molecule has 58 heavy (non-hydrogen) atoms. The Morgan fingerprint density at radius 2 is 1.60 bits per heavy atom. The number of amides is 5. The molecule has 4 atom stereocenters. The molecule has 5 amide bonds. The zero-order valence-corrected chi connectivity index (χ0v) is 34.4. The van der Waals surface area contributed by atoms with Gasteiger partial charge in [0.05, 0.1) is 6.04 Å². The summed E-state index contributed by atoms with van der Waals surface area (Å²) < 4.78 is 31.3. The summed E-state index contributed by atoms with van der Waals surface area (Å²) in [6, 6.07) is 10.8. The first-order valence-corrected chi connectivity index (χ1v) is 19.5. The first-order valence-electron chi connectivity index (χ1n) is 19.5. The van der Waals surface area contributed by atoms with Crippen LogP contribution in [0.5, 0.6) is 0 Å². The highest BCUT2D eigenvalue weighted by Crippen LogP contribution is 2.41. The van der Waals surface area contributed by atoms with Crippen molar-refractivity contribution in [1.29, 1.82) is 0 Å². The molecule has 0 aliphatic heterocycles. The number of aliphatic hydroxyl groups is 1. The fraction of sp³-hybridized carbons (Fsp3) is 0.465. The van der Waals surface area contributed by atoms with Crippen LogP contribution in [0.4, 0.5) is 8.78 Å². The Bertz CT molecular complexity index is 1890. The van der Waals surface area contributed by atoms with E-state index < -0.39 is 77.4 Å². The van der Waals surface area contributed by atoms with Gasteiger partial charge in [-0.1, -0.05) is 57.7 Å². The first kappa shape index (κ1) is 47.0. The average molecular weight is 808 g/mol. The van der Waals surface area contributed by atoms with Crippen LogP contribution in [-0.4, -0.2) is 88.5 Å². The standard InChI is InChI=1S/C43H59F2N7O6/c1-27(2)38(50-41(57)35(49-29(4)54)16-11-12-19-46)42(58)48-28(3)40(56)47-20-13-21-52(37(55)26-53)39(43(5,6)7)36-22-31(33-23-32(44)17-18-34(33)45)25-51(36)24-30-14-9-8-10-15-30/h8-10,14-15,17-18,22-23,25,28,35,38-39,53H,1,11-13,16,19-21,24,26,46H2,2-7H3,(H,47,56)(H,48,58)(H,49,54)(H,50,57)/t28-,35-,38-,39-/m0/s1. The number of halogens is 2. The molecular weight excluding hydrogens is 749 g/mol. The van der Waals surface area contributed by atoms with Crippen LogP contribution in [0.3, 0.4) is 0 Å². The van der Waals surface area contributed by atoms with Crippen LogP contribution in [0, 0.1) is 17.0 Å². The summed E-state index contributed by atoms with van der Waals surface area (Å²) in [5.74, 6) is -3.95. The number of carbonyl (C=O) groups is 5. The van der Waals surface area contributed by atoms with E-state index in [1.165, 1.54) is 18.7 Å². The number of aliphatic hydroxyl groups excluding tert-OH is 1. The Labute approximate surface area is 339 Å². The highest BCUT2D eigenvalue weighted by atomic mass is 19.1. The monoisotopic (exact) mass is 807 g/mol. The summed E-state index contributed by atoms with van der Waals surface area (Å²) in [4.78, 5) is 66.2. The number of carbonyl (C=O) groups excluding carboxylic acids is 5. The molecule has 0 radical (unpaired) electrons. The van der Waals surface area contributed by atoms with Crippen molar-refractivity contribution >= 4 is 29.5 Å². The summed E-state index contributed by atoms with van der Waals surface area (Å²) in [6.07, 6.45) is 3.54. The van der Waals surface area contributed by atoms with Gasteiger partial charge in [-0.25, -0.2) is 8.78 Å². The largest absolute Gasteiger partial charge is 0.387 e. The van der Waals surface area contributed by atoms with Crippen molar-refractivity contribution in [2.24, 2.45) is 11.1 Å². The molecular formula is C43H59F2N7O6. The lowest BCUT2D eigenvalue weighted by Gasteiger charge is -2.41. The smallest absolute Gasteiger partial charge is 0.248 e. The average Bonchev–Trinajstić information content (AvgIpc) is 3.56. The number of aromatic nitrogens is 1. The van der Waals surface area contributed by atoms with E-state index in [0.29, 0.717) is 49.2 Å². The van der Waals surface area contributed by atoms with Gasteiger partial charge in [-0.2, -0.15) is 0 Å². The molecule has 0 aliphatic rings. The van der Waals surface area contributed by atoms with Crippen LogP contribution in [0.15, 0.2) is 72.9 Å². The summed E-state index contributed by atoms with van der Waals surface area (Å²) in [7, 11) is 0. The SMILES string of the molecule is C=C(C)[C@H](NC(=O)[C@H](CCCCN)NC(C)=O)C(=O)N[C@@H](C)C(=O)NCCCN(C(=O)CO)[C@@H](c1cc(-c2cc(F)ccc2F)cn1Cc1ccccc1)C(C)(C)C. The molecule has 15 heteroatoms. The number of hydrogen-bond donors (Lipinski definition) is 6. The van der Waals surface area contributed by atoms with Crippen LogP contribution in [0.2, 0.25) is 0 Å². The lowest BCUT2D eigenvalue weighted by molar-refractivity contribution is -0.139. The van der Waals surface area contributed by atoms with Crippen LogP contribution < -0.4 is 27.0 Å². The number of hydrogen-bond acceptors (Lipinski definition) is 7. The predicted octanol–water partition coefficient (Wildman–Crippen LogP) is 4.10. The zero-order valence-electron chi connectivity index (χ0n) is 34.4. The van der Waals surface area contributed by atoms with Gasteiger partial charge < -0.3 is 41.6 Å². The van der Waals surface area contributed by atoms with Crippen molar-refractivity contribution in [2.45, 2.75) is 97.9 Å². The van der Waals surface area contributed by atoms with Crippen molar-refractivity contribution < 1.29 is 37.9 Å². The third-order valence-electron chi connectivity index (χ3n) is 9.54. The summed E-state index contributed by atoms with van der Waals surface area (Å²) >= 11 is 0. The molecule has 7 N–H and O–H groups in total. The van der Waals surface area contributed by atoms with E-state index in [-0.39, 0.29) is 25.1 Å². The number of benzene rings is 2. The maximum Gasteiger partial charge on any atom is 0.248 e. The predicted molar refractivity (Wildman–Crippen MR) is 219 cm³/mol. The van der Waals surface area contributed by atoms with Crippen LogP contribution in [0.25, 0.3) is 11.1 Å². The van der Waals surface area contributed by atoms with E-state index in [1.54, 1.807) is 19.2 Å². The topological polar surface area (TPSA) is 188 Å². The van der Waals surface area contributed by atoms with Gasteiger partial charge in [0, 0.05) is 49.6 Å². The highest BCUT2D eigenvalue weighted by molar-refractivity contribution is 5.95. The minimum absolute atomic E-state index is 0.0640. The number of unbranched alkanes of at least 4 members (excludes halogenated alkanes) is 1. The fourth-order valence-corrected chi connectivity index (χ4v) is 6.74. The van der Waals surface area contributed by atoms with E-state index in [0.717, 1.165) is 23.8 Å². The minimum atomic E-state index is -1.18. The van der Waals surface area contributed by atoms with Gasteiger partial charge in [-0.3, -0.25) is 24.0 Å². The Kier molecular flexibility index (Phi) is 17.8. The Balaban J connectivity index is 1.77. The van der Waals surface area contributed by atoms with Crippen molar-refractivity contribution in [2.75, 3.05) is 26.2 Å². The Morgan fingerprint density at radius 1 is 0.914 bits per heavy atom. The van der Waals surface area contributed by atoms with E-state index >= 15 is 4.39 Å². The third kappa shape index (κ3) is 13.6. The van der Waals surface area contributed by atoms with E-state index in [4.69, 9.17) is 5.73 Å². The molecule has 0 saturated heterocycles. The molecule has 3 rings (SSSR count). The van der Waals surface area contributed by atoms with Gasteiger partial charge in [0.15, 0.2) is 0 Å². The quantitative estimate of drug-likeness (QED) is 0.0691. The summed E-state index contributed by atoms with van der Waals surface area (Å²) in [5, 5.41) is 20.7. The molecule has 0 fully saturated rings. The maximum atomic E-state index is 15.1. The molecule has 0 bridgehead atoms. The van der Waals surface area contributed by atoms with Crippen LogP contribution >= 0.6 is 0 Å². The van der Waals surface area contributed by atoms with Gasteiger partial charge in [0.1, 0.15) is 36.4 Å². The molecule has 0 unspecified atom stereocenters. The highest BCUT2D eigenvalue weighted by Gasteiger charge is 2.37. The molecule has 1 aromatic heterocycles. The van der Waals surface area contributed by atoms with Crippen molar-refractivity contribution in [3.63, 3.8) is 0 Å². The Hall–Kier alpha value is -5.41. The van der Waals surface area contributed by atoms with E-state index in [2.05, 4.69) is 27.8 Å². The molecule has 1 heterocycles. The van der Waals surface area contributed by atoms with Gasteiger partial charge in [-0.05, 0) is 86.9 Å². The van der Waals surface area contributed by atoms with E-state index in [9.17, 15) is 33.5 Å². The van der Waals surface area contributed by atoms with Gasteiger partial charge in [0.2, 0.25) is 29.5 Å². The zero-order chi connectivity index (χ0) is 43.2. The second-order valence-electron chi connectivity index (χ2n) is 15.6. The second kappa shape index (κ2) is 21.9. The van der Waals surface area contributed by atoms with Gasteiger partial charge in [-0.15, -0.1) is 0 Å². The molecule has 3 aromatic rings. The Morgan fingerprint density at radius 3 is 2.21 bits per heavy atom. The lowest BCUT2D eigenvalue weighted by atomic mass is 9.83. The van der Waals surface area contributed by atoms with Crippen molar-refractivity contribution in [3.8, 4) is 11.1 Å². The molecule has 316 valence electrons. The maximum absolute atomic E-state index is 15.1. The molecule has 2 aromatic carbocycles. The normalized spacial score (nSPS) is 13.4. The molecule has 13 nitrogen and oxygen atoms in total. The van der Waals surface area contributed by atoms with Crippen molar-refractivity contribution in [3.05, 3.63) is 95.8 Å². The summed E-state index contributed by atoms with van der Waals surface area (Å²) in [5.41, 5.74) is 7.30. The summed E-state index contributed by atoms with van der Waals surface area (Å²) in [6.45, 7) is 14.2. The molecule has 0 saturated carbocycles. The number of nitrogens with zero attached hydrogens (tertiary/aromatic N) is 2. The lowest BCUT2D eigenvalue weighted by Crippen LogP contribution is -2.56. The van der Waals surface area contributed by atoms with E-state index in [1.807, 2.05) is 55.7 Å². The first-order chi connectivity index (χ1) is 27.4.